The Morgan fingerprint density at radius 3 is 2.53 bits per heavy atom. The zero-order chi connectivity index (χ0) is 21.5. The molecule has 2 aromatic carbocycles. The molecule has 2 aromatic rings. The van der Waals surface area contributed by atoms with Crippen molar-refractivity contribution in [1.29, 1.82) is 0 Å². The first kappa shape index (κ1) is 23.0. The van der Waals surface area contributed by atoms with Crippen LogP contribution in [0.3, 0.4) is 0 Å². The SMILES string of the molecule is CNC(=O)c1ccc(Cl)c(OCCCCN2CCN(c3cccc(Cl)c3Cl)CC2)c1. The minimum atomic E-state index is -0.158. The average molecular weight is 471 g/mol. The molecule has 0 spiro atoms. The van der Waals surface area contributed by atoms with E-state index >= 15 is 0 Å². The lowest BCUT2D eigenvalue weighted by Gasteiger charge is -2.36. The second kappa shape index (κ2) is 11.1. The van der Waals surface area contributed by atoms with Crippen LogP contribution < -0.4 is 15.0 Å². The minimum Gasteiger partial charge on any atom is -0.492 e. The average Bonchev–Trinajstić information content (AvgIpc) is 2.76. The van der Waals surface area contributed by atoms with Crippen LogP contribution in [0.1, 0.15) is 23.2 Å². The number of rotatable bonds is 8. The highest BCUT2D eigenvalue weighted by atomic mass is 35.5. The minimum absolute atomic E-state index is 0.158. The summed E-state index contributed by atoms with van der Waals surface area (Å²) in [6.07, 6.45) is 1.95. The van der Waals surface area contributed by atoms with Gasteiger partial charge in [0.15, 0.2) is 0 Å². The Bertz CT molecular complexity index is 871. The molecular formula is C22H26Cl3N3O2. The van der Waals surface area contributed by atoms with Gasteiger partial charge in [-0.25, -0.2) is 0 Å². The first-order chi connectivity index (χ1) is 14.5. The second-order valence-electron chi connectivity index (χ2n) is 7.18. The molecule has 5 nitrogen and oxygen atoms in total. The smallest absolute Gasteiger partial charge is 0.251 e. The summed E-state index contributed by atoms with van der Waals surface area (Å²) in [5.41, 5.74) is 1.54. The second-order valence-corrected chi connectivity index (χ2v) is 8.37. The van der Waals surface area contributed by atoms with Crippen molar-refractivity contribution in [3.8, 4) is 5.75 Å². The molecule has 0 aromatic heterocycles. The molecule has 1 saturated heterocycles. The van der Waals surface area contributed by atoms with Gasteiger partial charge in [0.05, 0.1) is 27.4 Å². The molecule has 1 aliphatic rings. The summed E-state index contributed by atoms with van der Waals surface area (Å²) < 4.78 is 5.79. The summed E-state index contributed by atoms with van der Waals surface area (Å²) in [6.45, 7) is 5.42. The number of carbonyl (C=O) groups is 1. The van der Waals surface area contributed by atoms with Crippen molar-refractivity contribution < 1.29 is 9.53 Å². The van der Waals surface area contributed by atoms with E-state index in [-0.39, 0.29) is 5.91 Å². The third-order valence-corrected chi connectivity index (χ3v) is 6.31. The third-order valence-electron chi connectivity index (χ3n) is 5.19. The molecule has 1 N–H and O–H groups in total. The van der Waals surface area contributed by atoms with E-state index in [0.717, 1.165) is 51.3 Å². The maximum atomic E-state index is 11.7. The van der Waals surface area contributed by atoms with Crippen LogP contribution >= 0.6 is 34.8 Å². The Labute approximate surface area is 192 Å². The lowest BCUT2D eigenvalue weighted by atomic mass is 10.2. The highest BCUT2D eigenvalue weighted by Crippen LogP contribution is 2.33. The fourth-order valence-corrected chi connectivity index (χ4v) is 4.06. The topological polar surface area (TPSA) is 44.8 Å². The van der Waals surface area contributed by atoms with E-state index in [9.17, 15) is 4.79 Å². The standard InChI is InChI=1S/C22H26Cl3N3O2/c1-26-22(29)16-7-8-17(23)20(15-16)30-14-3-2-9-27-10-12-28(13-11-27)19-6-4-5-18(24)21(19)25/h4-8,15H,2-3,9-14H2,1H3,(H,26,29). The van der Waals surface area contributed by atoms with Gasteiger partial charge in [0.1, 0.15) is 5.75 Å². The summed E-state index contributed by atoms with van der Waals surface area (Å²) in [6, 6.07) is 10.8. The van der Waals surface area contributed by atoms with Crippen molar-refractivity contribution in [3.05, 3.63) is 57.0 Å². The van der Waals surface area contributed by atoms with E-state index in [4.69, 9.17) is 39.5 Å². The van der Waals surface area contributed by atoms with Gasteiger partial charge in [-0.2, -0.15) is 0 Å². The molecule has 0 aliphatic carbocycles. The van der Waals surface area contributed by atoms with Crippen LogP contribution in [0, 0.1) is 0 Å². The molecule has 0 saturated carbocycles. The highest BCUT2D eigenvalue weighted by Gasteiger charge is 2.19. The summed E-state index contributed by atoms with van der Waals surface area (Å²) in [5.74, 6) is 0.388. The number of nitrogens with zero attached hydrogens (tertiary/aromatic N) is 2. The van der Waals surface area contributed by atoms with Gasteiger partial charge in [-0.05, 0) is 49.7 Å². The Hall–Kier alpha value is -1.66. The van der Waals surface area contributed by atoms with Crippen LogP contribution in [-0.4, -0.2) is 57.2 Å². The van der Waals surface area contributed by atoms with Gasteiger partial charge in [0, 0.05) is 38.8 Å². The molecule has 0 radical (unpaired) electrons. The number of carbonyl (C=O) groups excluding carboxylic acids is 1. The van der Waals surface area contributed by atoms with Crippen molar-refractivity contribution >= 4 is 46.4 Å². The Kier molecular flexibility index (Phi) is 8.51. The first-order valence-corrected chi connectivity index (χ1v) is 11.2. The zero-order valence-electron chi connectivity index (χ0n) is 17.0. The summed E-state index contributed by atoms with van der Waals surface area (Å²) in [5, 5.41) is 4.34. The van der Waals surface area contributed by atoms with Crippen LogP contribution in [0.2, 0.25) is 15.1 Å². The van der Waals surface area contributed by atoms with E-state index in [1.54, 1.807) is 25.2 Å². The van der Waals surface area contributed by atoms with Crippen molar-refractivity contribution in [3.63, 3.8) is 0 Å². The third kappa shape index (κ3) is 5.94. The van der Waals surface area contributed by atoms with E-state index < -0.39 is 0 Å². The molecule has 3 rings (SSSR count). The van der Waals surface area contributed by atoms with Gasteiger partial charge in [0.2, 0.25) is 0 Å². The predicted octanol–water partition coefficient (Wildman–Crippen LogP) is 4.99. The van der Waals surface area contributed by atoms with Crippen LogP contribution in [0.15, 0.2) is 36.4 Å². The maximum Gasteiger partial charge on any atom is 0.251 e. The molecule has 1 fully saturated rings. The van der Waals surface area contributed by atoms with Gasteiger partial charge in [-0.3, -0.25) is 9.69 Å². The van der Waals surface area contributed by atoms with Crippen LogP contribution in [0.4, 0.5) is 5.69 Å². The molecule has 1 amide bonds. The number of benzene rings is 2. The number of halogens is 3. The summed E-state index contributed by atoms with van der Waals surface area (Å²) in [4.78, 5) is 16.5. The van der Waals surface area contributed by atoms with Crippen molar-refractivity contribution in [2.45, 2.75) is 12.8 Å². The molecule has 30 heavy (non-hydrogen) atoms. The summed E-state index contributed by atoms with van der Waals surface area (Å²) in [7, 11) is 1.60. The lowest BCUT2D eigenvalue weighted by molar-refractivity contribution is 0.0962. The quantitative estimate of drug-likeness (QED) is 0.552. The highest BCUT2D eigenvalue weighted by molar-refractivity contribution is 6.43. The number of ether oxygens (including phenoxy) is 1. The van der Waals surface area contributed by atoms with E-state index in [2.05, 4.69) is 15.1 Å². The monoisotopic (exact) mass is 469 g/mol. The molecule has 1 aliphatic heterocycles. The van der Waals surface area contributed by atoms with Crippen molar-refractivity contribution in [1.82, 2.24) is 10.2 Å². The van der Waals surface area contributed by atoms with Gasteiger partial charge in [-0.1, -0.05) is 40.9 Å². The Morgan fingerprint density at radius 1 is 1.03 bits per heavy atom. The number of nitrogens with one attached hydrogen (secondary N) is 1. The number of hydrogen-bond donors (Lipinski definition) is 1. The molecule has 0 unspecified atom stereocenters. The van der Waals surface area contributed by atoms with E-state index in [0.29, 0.717) is 33.0 Å². The van der Waals surface area contributed by atoms with Gasteiger partial charge in [0.25, 0.3) is 5.91 Å². The van der Waals surface area contributed by atoms with E-state index in [1.165, 1.54) is 0 Å². The van der Waals surface area contributed by atoms with Crippen molar-refractivity contribution in [2.24, 2.45) is 0 Å². The molecule has 0 bridgehead atoms. The summed E-state index contributed by atoms with van der Waals surface area (Å²) >= 11 is 18.7. The molecule has 8 heteroatoms. The number of anilines is 1. The fourth-order valence-electron chi connectivity index (χ4n) is 3.47. The van der Waals surface area contributed by atoms with Gasteiger partial charge in [-0.15, -0.1) is 0 Å². The van der Waals surface area contributed by atoms with Crippen LogP contribution in [-0.2, 0) is 0 Å². The molecule has 1 heterocycles. The number of hydrogen-bond acceptors (Lipinski definition) is 4. The predicted molar refractivity (Wildman–Crippen MR) is 125 cm³/mol. The lowest BCUT2D eigenvalue weighted by Crippen LogP contribution is -2.46. The van der Waals surface area contributed by atoms with Crippen LogP contribution in [0.5, 0.6) is 5.75 Å². The Morgan fingerprint density at radius 2 is 1.80 bits per heavy atom. The maximum absolute atomic E-state index is 11.7. The fraction of sp³-hybridized carbons (Fsp3) is 0.409. The Balaban J connectivity index is 1.38. The van der Waals surface area contributed by atoms with Crippen molar-refractivity contribution in [2.75, 3.05) is 51.3 Å². The number of unbranched alkanes of at least 4 members (excludes halogenated alkanes) is 1. The molecular weight excluding hydrogens is 445 g/mol. The molecule has 162 valence electrons. The largest absolute Gasteiger partial charge is 0.492 e. The van der Waals surface area contributed by atoms with Crippen LogP contribution in [0.25, 0.3) is 0 Å². The van der Waals surface area contributed by atoms with Gasteiger partial charge >= 0.3 is 0 Å². The zero-order valence-corrected chi connectivity index (χ0v) is 19.2. The molecule has 0 atom stereocenters. The number of amides is 1. The van der Waals surface area contributed by atoms with E-state index in [1.807, 2.05) is 18.2 Å². The normalized spacial score (nSPS) is 14.6. The number of piperazine rings is 1. The van der Waals surface area contributed by atoms with Gasteiger partial charge < -0.3 is 15.0 Å². The first-order valence-electron chi connectivity index (χ1n) is 10.1.